The van der Waals surface area contributed by atoms with E-state index in [0.717, 1.165) is 55.4 Å². The van der Waals surface area contributed by atoms with Gasteiger partial charge in [-0.15, -0.1) is 24.0 Å². The van der Waals surface area contributed by atoms with E-state index in [1.54, 1.807) is 14.2 Å². The zero-order valence-corrected chi connectivity index (χ0v) is 20.2. The third-order valence-electron chi connectivity index (χ3n) is 4.35. The molecule has 7 nitrogen and oxygen atoms in total. The average molecular weight is 515 g/mol. The number of nitrogens with zero attached hydrogens (tertiary/aromatic N) is 3. The molecule has 29 heavy (non-hydrogen) atoms. The Balaban J connectivity index is 0.00000420. The average Bonchev–Trinajstić information content (AvgIpc) is 3.03. The van der Waals surface area contributed by atoms with Crippen LogP contribution in [0.25, 0.3) is 0 Å². The van der Waals surface area contributed by atoms with Crippen LogP contribution in [0.5, 0.6) is 5.75 Å². The van der Waals surface area contributed by atoms with Crippen molar-refractivity contribution in [2.45, 2.75) is 39.8 Å². The van der Waals surface area contributed by atoms with Gasteiger partial charge in [0.15, 0.2) is 5.96 Å². The zero-order chi connectivity index (χ0) is 20.2. The predicted molar refractivity (Wildman–Crippen MR) is 128 cm³/mol. The number of methoxy groups -OCH3 is 1. The molecule has 1 aromatic heterocycles. The number of aromatic nitrogens is 2. The molecule has 162 valence electrons. The maximum absolute atomic E-state index is 5.72. The van der Waals surface area contributed by atoms with Gasteiger partial charge in [0.05, 0.1) is 19.4 Å². The fourth-order valence-electron chi connectivity index (χ4n) is 2.85. The molecule has 0 spiro atoms. The van der Waals surface area contributed by atoms with Gasteiger partial charge in [0.2, 0.25) is 0 Å². The van der Waals surface area contributed by atoms with E-state index in [1.165, 1.54) is 5.69 Å². The van der Waals surface area contributed by atoms with E-state index in [4.69, 9.17) is 9.47 Å². The van der Waals surface area contributed by atoms with Crippen molar-refractivity contribution in [1.82, 2.24) is 20.4 Å². The van der Waals surface area contributed by atoms with Gasteiger partial charge in [-0.25, -0.2) is 0 Å². The summed E-state index contributed by atoms with van der Waals surface area (Å²) < 4.78 is 12.9. The van der Waals surface area contributed by atoms with Crippen molar-refractivity contribution in [3.05, 3.63) is 47.3 Å². The lowest BCUT2D eigenvalue weighted by Crippen LogP contribution is -2.38. The van der Waals surface area contributed by atoms with Crippen LogP contribution in [0.2, 0.25) is 0 Å². The quantitative estimate of drug-likeness (QED) is 0.208. The number of rotatable bonds is 11. The Labute approximate surface area is 191 Å². The largest absolute Gasteiger partial charge is 0.497 e. The van der Waals surface area contributed by atoms with Crippen LogP contribution in [0.3, 0.4) is 0 Å². The van der Waals surface area contributed by atoms with Gasteiger partial charge >= 0.3 is 0 Å². The third-order valence-corrected chi connectivity index (χ3v) is 4.35. The molecule has 1 heterocycles. The second-order valence-corrected chi connectivity index (χ2v) is 6.68. The van der Waals surface area contributed by atoms with Crippen LogP contribution in [0.4, 0.5) is 0 Å². The van der Waals surface area contributed by atoms with Crippen LogP contribution in [0.1, 0.15) is 29.8 Å². The molecule has 0 atom stereocenters. The first-order valence-corrected chi connectivity index (χ1v) is 9.78. The number of aryl methyl sites for hydroxylation is 3. The van der Waals surface area contributed by atoms with Crippen LogP contribution in [0.15, 0.2) is 35.3 Å². The van der Waals surface area contributed by atoms with E-state index < -0.39 is 0 Å². The molecule has 2 rings (SSSR count). The van der Waals surface area contributed by atoms with Crippen molar-refractivity contribution in [1.29, 1.82) is 0 Å². The molecule has 0 unspecified atom stereocenters. The first-order valence-electron chi connectivity index (χ1n) is 9.78. The van der Waals surface area contributed by atoms with E-state index in [-0.39, 0.29) is 24.0 Å². The van der Waals surface area contributed by atoms with E-state index in [9.17, 15) is 0 Å². The zero-order valence-electron chi connectivity index (χ0n) is 17.9. The van der Waals surface area contributed by atoms with Gasteiger partial charge in [-0.1, -0.05) is 12.1 Å². The molecule has 0 saturated carbocycles. The Morgan fingerprint density at radius 3 is 2.38 bits per heavy atom. The minimum atomic E-state index is 0. The third kappa shape index (κ3) is 9.49. The van der Waals surface area contributed by atoms with Crippen molar-refractivity contribution < 1.29 is 9.47 Å². The Kier molecular flexibility index (Phi) is 12.4. The number of ether oxygens (including phenoxy) is 2. The van der Waals surface area contributed by atoms with Crippen molar-refractivity contribution in [3.63, 3.8) is 0 Å². The summed E-state index contributed by atoms with van der Waals surface area (Å²) in [6.07, 6.45) is 1.91. The fourth-order valence-corrected chi connectivity index (χ4v) is 2.85. The second kappa shape index (κ2) is 14.2. The highest BCUT2D eigenvalue weighted by Crippen LogP contribution is 2.11. The molecular formula is C21H34IN5O2. The molecule has 1 aromatic carbocycles. The lowest BCUT2D eigenvalue weighted by molar-refractivity contribution is 0.119. The highest BCUT2D eigenvalue weighted by Gasteiger charge is 2.01. The minimum absolute atomic E-state index is 0. The first-order chi connectivity index (χ1) is 13.6. The van der Waals surface area contributed by atoms with E-state index in [1.807, 2.05) is 35.9 Å². The van der Waals surface area contributed by atoms with Gasteiger partial charge in [0.25, 0.3) is 0 Å². The van der Waals surface area contributed by atoms with Crippen LogP contribution < -0.4 is 15.4 Å². The highest BCUT2D eigenvalue weighted by molar-refractivity contribution is 14.0. The van der Waals surface area contributed by atoms with Crippen LogP contribution in [0, 0.1) is 13.8 Å². The fraction of sp³-hybridized carbons (Fsp3) is 0.524. The van der Waals surface area contributed by atoms with Crippen LogP contribution in [-0.2, 0) is 17.9 Å². The monoisotopic (exact) mass is 515 g/mol. The lowest BCUT2D eigenvalue weighted by atomic mass is 10.2. The van der Waals surface area contributed by atoms with E-state index >= 15 is 0 Å². The Morgan fingerprint density at radius 1 is 1.10 bits per heavy atom. The minimum Gasteiger partial charge on any atom is -0.497 e. The molecule has 0 aliphatic rings. The molecular weight excluding hydrogens is 481 g/mol. The molecule has 0 bridgehead atoms. The van der Waals surface area contributed by atoms with E-state index in [2.05, 4.69) is 33.7 Å². The SMILES string of the molecule is CN=C(NCCCOCc1ccc(OC)cc1)NCCCn1nc(C)cc1C.I. The molecule has 0 saturated heterocycles. The van der Waals surface area contributed by atoms with Gasteiger partial charge in [-0.2, -0.15) is 5.10 Å². The molecule has 0 fully saturated rings. The van der Waals surface area contributed by atoms with Gasteiger partial charge in [-0.3, -0.25) is 9.67 Å². The van der Waals surface area contributed by atoms with Gasteiger partial charge in [0.1, 0.15) is 5.75 Å². The standard InChI is InChI=1S/C21H33N5O2.HI/c1-17-15-18(2)26(25-17)13-5-11-23-21(22-3)24-12-6-14-28-16-19-7-9-20(27-4)10-8-19;/h7-10,15H,5-6,11-14,16H2,1-4H3,(H2,22,23,24);1H. The number of halogens is 1. The molecule has 8 heteroatoms. The lowest BCUT2D eigenvalue weighted by Gasteiger charge is -2.12. The molecule has 0 aliphatic heterocycles. The van der Waals surface area contributed by atoms with Gasteiger partial charge < -0.3 is 20.1 Å². The first kappa shape index (κ1) is 25.2. The summed E-state index contributed by atoms with van der Waals surface area (Å²) in [6, 6.07) is 10.0. The van der Waals surface area contributed by atoms with Gasteiger partial charge in [0, 0.05) is 39.0 Å². The number of benzene rings is 1. The van der Waals surface area contributed by atoms with Gasteiger partial charge in [-0.05, 0) is 50.5 Å². The summed E-state index contributed by atoms with van der Waals surface area (Å²) in [6.45, 7) is 8.00. The molecule has 2 N–H and O–H groups in total. The Bertz CT molecular complexity index is 731. The summed E-state index contributed by atoms with van der Waals surface area (Å²) in [5.74, 6) is 1.69. The van der Waals surface area contributed by atoms with Crippen molar-refractivity contribution in [3.8, 4) is 5.75 Å². The van der Waals surface area contributed by atoms with Crippen LogP contribution >= 0.6 is 24.0 Å². The molecule has 0 amide bonds. The topological polar surface area (TPSA) is 72.7 Å². The number of hydrogen-bond acceptors (Lipinski definition) is 4. The summed E-state index contributed by atoms with van der Waals surface area (Å²) in [5, 5.41) is 11.1. The Hall–Kier alpha value is -1.81. The second-order valence-electron chi connectivity index (χ2n) is 6.68. The summed E-state index contributed by atoms with van der Waals surface area (Å²) >= 11 is 0. The summed E-state index contributed by atoms with van der Waals surface area (Å²) in [4.78, 5) is 4.26. The molecule has 2 aromatic rings. The van der Waals surface area contributed by atoms with Crippen molar-refractivity contribution in [2.24, 2.45) is 4.99 Å². The predicted octanol–water partition coefficient (Wildman–Crippen LogP) is 3.29. The normalized spacial score (nSPS) is 11.1. The van der Waals surface area contributed by atoms with E-state index in [0.29, 0.717) is 13.2 Å². The van der Waals surface area contributed by atoms with Crippen molar-refractivity contribution in [2.75, 3.05) is 33.9 Å². The maximum Gasteiger partial charge on any atom is 0.190 e. The van der Waals surface area contributed by atoms with Crippen LogP contribution in [-0.4, -0.2) is 49.6 Å². The number of hydrogen-bond donors (Lipinski definition) is 2. The maximum atomic E-state index is 5.72. The number of aliphatic imine (C=N–C) groups is 1. The summed E-state index contributed by atoms with van der Waals surface area (Å²) in [5.41, 5.74) is 3.42. The number of guanidine groups is 1. The van der Waals surface area contributed by atoms with Crippen molar-refractivity contribution >= 4 is 29.9 Å². The highest BCUT2D eigenvalue weighted by atomic mass is 127. The Morgan fingerprint density at radius 2 is 1.79 bits per heavy atom. The molecule has 0 aliphatic carbocycles. The number of nitrogens with one attached hydrogen (secondary N) is 2. The smallest absolute Gasteiger partial charge is 0.190 e. The molecule has 0 radical (unpaired) electrons. The summed E-state index contributed by atoms with van der Waals surface area (Å²) in [7, 11) is 3.46.